The molecule has 204 valence electrons. The maximum atomic E-state index is 13.6. The number of fused-ring (bicyclic) bond motifs is 1. The molecular weight excluding hydrogens is 485 g/mol. The molecule has 2 saturated heterocycles. The number of amides is 4. The minimum Gasteiger partial charge on any atom is -0.337 e. The SMILES string of the molecule is CC(C)C[C@H]1C(=O)N(CCCCc2ccccc2)C[C@H]2N1C(=O)CN(C)N2C(=O)NCc1ccc(F)cc1. The number of halogens is 1. The monoisotopic (exact) mass is 523 g/mol. The van der Waals surface area contributed by atoms with Gasteiger partial charge in [-0.05, 0) is 54.9 Å². The molecule has 0 radical (unpaired) electrons. The van der Waals surface area contributed by atoms with Gasteiger partial charge in [0.05, 0.1) is 13.1 Å². The number of hydrogen-bond acceptors (Lipinski definition) is 4. The zero-order chi connectivity index (χ0) is 27.2. The Morgan fingerprint density at radius 3 is 2.42 bits per heavy atom. The maximum absolute atomic E-state index is 13.6. The van der Waals surface area contributed by atoms with Gasteiger partial charge < -0.3 is 15.1 Å². The van der Waals surface area contributed by atoms with Crippen LogP contribution in [0.25, 0.3) is 0 Å². The van der Waals surface area contributed by atoms with Crippen LogP contribution >= 0.6 is 0 Å². The molecule has 2 aromatic rings. The zero-order valence-electron chi connectivity index (χ0n) is 22.5. The van der Waals surface area contributed by atoms with Gasteiger partial charge in [-0.1, -0.05) is 56.3 Å². The Kier molecular flexibility index (Phi) is 8.99. The number of aryl methyl sites for hydroxylation is 1. The Hall–Kier alpha value is -3.46. The van der Waals surface area contributed by atoms with Gasteiger partial charge in [0.2, 0.25) is 11.8 Å². The van der Waals surface area contributed by atoms with Crippen molar-refractivity contribution in [3.05, 3.63) is 71.5 Å². The van der Waals surface area contributed by atoms with E-state index in [1.165, 1.54) is 17.7 Å². The average Bonchev–Trinajstić information content (AvgIpc) is 2.88. The molecule has 2 aliphatic heterocycles. The van der Waals surface area contributed by atoms with E-state index in [9.17, 15) is 18.8 Å². The summed E-state index contributed by atoms with van der Waals surface area (Å²) in [4.78, 5) is 43.6. The molecule has 0 aliphatic carbocycles. The summed E-state index contributed by atoms with van der Waals surface area (Å²) < 4.78 is 13.3. The molecule has 4 amide bonds. The largest absolute Gasteiger partial charge is 0.337 e. The van der Waals surface area contributed by atoms with Gasteiger partial charge in [-0.25, -0.2) is 19.2 Å². The quantitative estimate of drug-likeness (QED) is 0.510. The Balaban J connectivity index is 1.48. The van der Waals surface area contributed by atoms with Crippen LogP contribution in [0, 0.1) is 11.7 Å². The highest BCUT2D eigenvalue weighted by molar-refractivity contribution is 5.91. The Labute approximate surface area is 224 Å². The van der Waals surface area contributed by atoms with Gasteiger partial charge in [0.15, 0.2) is 0 Å². The molecule has 0 aromatic heterocycles. The van der Waals surface area contributed by atoms with E-state index < -0.39 is 12.2 Å². The van der Waals surface area contributed by atoms with Gasteiger partial charge >= 0.3 is 6.03 Å². The number of hydrogen-bond donors (Lipinski definition) is 1. The van der Waals surface area contributed by atoms with Crippen molar-refractivity contribution in [1.29, 1.82) is 0 Å². The van der Waals surface area contributed by atoms with Crippen LogP contribution in [0.1, 0.15) is 44.2 Å². The number of hydrazine groups is 1. The van der Waals surface area contributed by atoms with Crippen LogP contribution in [0.2, 0.25) is 0 Å². The molecule has 1 N–H and O–H groups in total. The van der Waals surface area contributed by atoms with E-state index in [2.05, 4.69) is 17.4 Å². The van der Waals surface area contributed by atoms with Crippen molar-refractivity contribution in [1.82, 2.24) is 25.1 Å². The van der Waals surface area contributed by atoms with Gasteiger partial charge in [-0.3, -0.25) is 9.59 Å². The highest BCUT2D eigenvalue weighted by atomic mass is 19.1. The molecule has 2 aromatic carbocycles. The smallest absolute Gasteiger partial charge is 0.334 e. The number of likely N-dealkylation sites (N-methyl/N-ethyl adjacent to an activating group) is 1. The van der Waals surface area contributed by atoms with Crippen LogP contribution in [0.5, 0.6) is 0 Å². The maximum Gasteiger partial charge on any atom is 0.334 e. The fraction of sp³-hybridized carbons (Fsp3) is 0.483. The predicted octanol–water partition coefficient (Wildman–Crippen LogP) is 3.63. The highest BCUT2D eigenvalue weighted by Gasteiger charge is 2.50. The van der Waals surface area contributed by atoms with E-state index in [1.54, 1.807) is 34.1 Å². The minimum absolute atomic E-state index is 0.0133. The van der Waals surface area contributed by atoms with Crippen molar-refractivity contribution in [2.45, 2.75) is 58.3 Å². The van der Waals surface area contributed by atoms with Crippen LogP contribution in [0.3, 0.4) is 0 Å². The Morgan fingerprint density at radius 2 is 1.74 bits per heavy atom. The lowest BCUT2D eigenvalue weighted by molar-refractivity contribution is -0.188. The van der Waals surface area contributed by atoms with Crippen molar-refractivity contribution in [3.8, 4) is 0 Å². The van der Waals surface area contributed by atoms with E-state index in [4.69, 9.17) is 0 Å². The first-order chi connectivity index (χ1) is 18.2. The summed E-state index contributed by atoms with van der Waals surface area (Å²) >= 11 is 0. The average molecular weight is 524 g/mol. The molecule has 9 heteroatoms. The van der Waals surface area contributed by atoms with Crippen molar-refractivity contribution < 1.29 is 18.8 Å². The topological polar surface area (TPSA) is 76.2 Å². The van der Waals surface area contributed by atoms with Gasteiger partial charge in [0.1, 0.15) is 18.0 Å². The summed E-state index contributed by atoms with van der Waals surface area (Å²) in [5, 5.41) is 6.08. The van der Waals surface area contributed by atoms with E-state index >= 15 is 0 Å². The second-order valence-corrected chi connectivity index (χ2v) is 10.6. The molecule has 2 heterocycles. The van der Waals surface area contributed by atoms with E-state index in [-0.39, 0.29) is 49.2 Å². The highest BCUT2D eigenvalue weighted by Crippen LogP contribution is 2.29. The predicted molar refractivity (Wildman–Crippen MR) is 143 cm³/mol. The summed E-state index contributed by atoms with van der Waals surface area (Å²) in [6.45, 7) is 5.15. The Morgan fingerprint density at radius 1 is 1.03 bits per heavy atom. The van der Waals surface area contributed by atoms with E-state index in [1.807, 2.05) is 36.9 Å². The normalized spacial score (nSPS) is 20.2. The van der Waals surface area contributed by atoms with Crippen LogP contribution in [0.4, 0.5) is 9.18 Å². The summed E-state index contributed by atoms with van der Waals surface area (Å²) in [6.07, 6.45) is 2.66. The lowest BCUT2D eigenvalue weighted by atomic mass is 9.97. The second kappa shape index (κ2) is 12.4. The molecular formula is C29H38FN5O3. The fourth-order valence-corrected chi connectivity index (χ4v) is 5.32. The molecule has 2 atom stereocenters. The number of nitrogens with one attached hydrogen (secondary N) is 1. The third-order valence-electron chi connectivity index (χ3n) is 7.19. The molecule has 0 unspecified atom stereocenters. The molecule has 8 nitrogen and oxygen atoms in total. The fourth-order valence-electron chi connectivity index (χ4n) is 5.32. The summed E-state index contributed by atoms with van der Waals surface area (Å²) in [5.74, 6) is -0.324. The number of urea groups is 1. The number of benzene rings is 2. The summed E-state index contributed by atoms with van der Waals surface area (Å²) in [6, 6.07) is 15.3. The Bertz CT molecular complexity index is 1110. The van der Waals surface area contributed by atoms with Crippen LogP contribution in [-0.2, 0) is 22.6 Å². The van der Waals surface area contributed by atoms with Crippen LogP contribution in [-0.4, -0.2) is 76.6 Å². The third-order valence-corrected chi connectivity index (χ3v) is 7.19. The summed E-state index contributed by atoms with van der Waals surface area (Å²) in [5.41, 5.74) is 2.04. The lowest BCUT2D eigenvalue weighted by Crippen LogP contribution is -2.76. The standard InChI is InChI=1S/C29H38FN5O3/c1-21(2)17-25-28(37)33(16-8-7-11-22-9-5-4-6-10-22)19-26-34(25)27(36)20-32(3)35(26)29(38)31-18-23-12-14-24(30)15-13-23/h4-6,9-10,12-15,21,25-26H,7-8,11,16-20H2,1-3H3,(H,31,38)/t25-,26-/m0/s1. The third kappa shape index (κ3) is 6.51. The molecule has 38 heavy (non-hydrogen) atoms. The van der Waals surface area contributed by atoms with E-state index in [0.717, 1.165) is 24.8 Å². The number of nitrogens with zero attached hydrogens (tertiary/aromatic N) is 4. The lowest BCUT2D eigenvalue weighted by Gasteiger charge is -2.54. The first-order valence-electron chi connectivity index (χ1n) is 13.4. The van der Waals surface area contributed by atoms with Crippen LogP contribution in [0.15, 0.2) is 54.6 Å². The molecule has 0 bridgehead atoms. The van der Waals surface area contributed by atoms with Gasteiger partial charge in [0, 0.05) is 20.1 Å². The molecule has 2 aliphatic rings. The van der Waals surface area contributed by atoms with Gasteiger partial charge in [-0.15, -0.1) is 0 Å². The van der Waals surface area contributed by atoms with Crippen molar-refractivity contribution in [3.63, 3.8) is 0 Å². The first kappa shape index (κ1) is 27.6. The van der Waals surface area contributed by atoms with Gasteiger partial charge in [0.25, 0.3) is 0 Å². The van der Waals surface area contributed by atoms with Crippen LogP contribution < -0.4 is 5.32 Å². The molecule has 0 spiro atoms. The van der Waals surface area contributed by atoms with Crippen molar-refractivity contribution >= 4 is 17.8 Å². The van der Waals surface area contributed by atoms with Gasteiger partial charge in [-0.2, -0.15) is 0 Å². The minimum atomic E-state index is -0.600. The number of unbranched alkanes of at least 4 members (excludes halogenated alkanes) is 1. The van der Waals surface area contributed by atoms with Crippen molar-refractivity contribution in [2.75, 3.05) is 26.7 Å². The van der Waals surface area contributed by atoms with Crippen molar-refractivity contribution in [2.24, 2.45) is 5.92 Å². The first-order valence-corrected chi connectivity index (χ1v) is 13.4. The molecule has 4 rings (SSSR count). The zero-order valence-corrected chi connectivity index (χ0v) is 22.5. The number of carbonyl (C=O) groups is 3. The number of carbonyl (C=O) groups excluding carboxylic acids is 3. The number of piperazine rings is 1. The van der Waals surface area contributed by atoms with E-state index in [0.29, 0.717) is 13.0 Å². The second-order valence-electron chi connectivity index (χ2n) is 10.6. The molecule has 0 saturated carbocycles. The molecule has 2 fully saturated rings. The number of rotatable bonds is 9. The summed E-state index contributed by atoms with van der Waals surface area (Å²) in [7, 11) is 1.71.